The SMILES string of the molecule is COc1ncccc1C(=O)Nc1ccc(OCC#N)cc1. The molecule has 0 fully saturated rings. The summed E-state index contributed by atoms with van der Waals surface area (Å²) in [7, 11) is 1.46. The Morgan fingerprint density at radius 1 is 1.33 bits per heavy atom. The minimum Gasteiger partial charge on any atom is -0.480 e. The van der Waals surface area contributed by atoms with Crippen LogP contribution >= 0.6 is 0 Å². The molecular formula is C15H13N3O3. The number of benzene rings is 1. The standard InChI is InChI=1S/C15H13N3O3/c1-20-15-13(3-2-9-17-15)14(19)18-11-4-6-12(7-5-11)21-10-8-16/h2-7,9H,10H2,1H3,(H,18,19). The van der Waals surface area contributed by atoms with Gasteiger partial charge in [0.25, 0.3) is 5.91 Å². The first-order valence-corrected chi connectivity index (χ1v) is 6.14. The van der Waals surface area contributed by atoms with Gasteiger partial charge in [-0.25, -0.2) is 4.98 Å². The van der Waals surface area contributed by atoms with Gasteiger partial charge in [0.1, 0.15) is 17.4 Å². The fourth-order valence-electron chi connectivity index (χ4n) is 1.67. The number of amides is 1. The van der Waals surface area contributed by atoms with E-state index in [9.17, 15) is 4.79 Å². The van der Waals surface area contributed by atoms with Gasteiger partial charge in [-0.1, -0.05) is 0 Å². The molecule has 0 unspecified atom stereocenters. The van der Waals surface area contributed by atoms with Crippen molar-refractivity contribution in [1.82, 2.24) is 4.98 Å². The highest BCUT2D eigenvalue weighted by atomic mass is 16.5. The number of anilines is 1. The number of nitriles is 1. The zero-order chi connectivity index (χ0) is 15.1. The van der Waals surface area contributed by atoms with Gasteiger partial charge in [-0.2, -0.15) is 5.26 Å². The lowest BCUT2D eigenvalue weighted by Gasteiger charge is -2.08. The lowest BCUT2D eigenvalue weighted by Crippen LogP contribution is -2.13. The highest BCUT2D eigenvalue weighted by Crippen LogP contribution is 2.19. The number of rotatable bonds is 5. The molecule has 2 rings (SSSR count). The molecule has 0 aliphatic carbocycles. The van der Waals surface area contributed by atoms with Gasteiger partial charge in [-0.3, -0.25) is 4.79 Å². The van der Waals surface area contributed by atoms with Crippen LogP contribution in [0, 0.1) is 11.3 Å². The zero-order valence-corrected chi connectivity index (χ0v) is 11.4. The molecule has 0 aliphatic heterocycles. The molecule has 0 saturated heterocycles. The lowest BCUT2D eigenvalue weighted by atomic mass is 10.2. The highest BCUT2D eigenvalue weighted by Gasteiger charge is 2.12. The molecule has 6 nitrogen and oxygen atoms in total. The van der Waals surface area contributed by atoms with Gasteiger partial charge < -0.3 is 14.8 Å². The van der Waals surface area contributed by atoms with E-state index in [2.05, 4.69) is 10.3 Å². The third-order valence-electron chi connectivity index (χ3n) is 2.62. The first-order chi connectivity index (χ1) is 10.2. The van der Waals surface area contributed by atoms with Crippen molar-refractivity contribution in [3.8, 4) is 17.7 Å². The number of aromatic nitrogens is 1. The Morgan fingerprint density at radius 2 is 2.10 bits per heavy atom. The number of pyridine rings is 1. The number of ether oxygens (including phenoxy) is 2. The van der Waals surface area contributed by atoms with Crippen LogP contribution < -0.4 is 14.8 Å². The minimum atomic E-state index is -0.314. The molecule has 0 aliphatic rings. The summed E-state index contributed by atoms with van der Waals surface area (Å²) in [5, 5.41) is 11.2. The number of carbonyl (C=O) groups excluding carboxylic acids is 1. The second kappa shape index (κ2) is 6.91. The second-order valence-corrected chi connectivity index (χ2v) is 3.99. The molecule has 6 heteroatoms. The van der Waals surface area contributed by atoms with E-state index in [1.54, 1.807) is 42.6 Å². The number of methoxy groups -OCH3 is 1. The number of carbonyl (C=O) groups is 1. The van der Waals surface area contributed by atoms with Gasteiger partial charge in [0.05, 0.1) is 7.11 Å². The fraction of sp³-hybridized carbons (Fsp3) is 0.133. The van der Waals surface area contributed by atoms with Crippen molar-refractivity contribution >= 4 is 11.6 Å². The molecule has 106 valence electrons. The van der Waals surface area contributed by atoms with E-state index in [-0.39, 0.29) is 18.4 Å². The topological polar surface area (TPSA) is 84.2 Å². The van der Waals surface area contributed by atoms with Crippen molar-refractivity contribution in [3.05, 3.63) is 48.2 Å². The summed E-state index contributed by atoms with van der Waals surface area (Å²) in [6, 6.07) is 11.9. The molecular weight excluding hydrogens is 270 g/mol. The summed E-state index contributed by atoms with van der Waals surface area (Å²) in [4.78, 5) is 16.1. The number of nitrogens with one attached hydrogen (secondary N) is 1. The molecule has 2 aromatic rings. The monoisotopic (exact) mass is 283 g/mol. The van der Waals surface area contributed by atoms with E-state index in [1.165, 1.54) is 7.11 Å². The maximum Gasteiger partial charge on any atom is 0.261 e. The maximum absolute atomic E-state index is 12.1. The molecule has 0 saturated carbocycles. The van der Waals surface area contributed by atoms with Crippen molar-refractivity contribution < 1.29 is 14.3 Å². The van der Waals surface area contributed by atoms with Gasteiger partial charge in [0.15, 0.2) is 6.61 Å². The Kier molecular flexibility index (Phi) is 4.72. The van der Waals surface area contributed by atoms with Gasteiger partial charge >= 0.3 is 0 Å². The third-order valence-corrected chi connectivity index (χ3v) is 2.62. The molecule has 0 atom stereocenters. The molecule has 1 N–H and O–H groups in total. The minimum absolute atomic E-state index is 0.0153. The number of hydrogen-bond donors (Lipinski definition) is 1. The van der Waals surface area contributed by atoms with Crippen LogP contribution in [0.1, 0.15) is 10.4 Å². The molecule has 1 aromatic carbocycles. The van der Waals surface area contributed by atoms with Crippen LogP contribution in [0.15, 0.2) is 42.6 Å². The van der Waals surface area contributed by atoms with Crippen molar-refractivity contribution in [2.24, 2.45) is 0 Å². The van der Waals surface area contributed by atoms with E-state index in [0.29, 0.717) is 17.0 Å². The van der Waals surface area contributed by atoms with Crippen molar-refractivity contribution in [3.63, 3.8) is 0 Å². The predicted molar refractivity (Wildman–Crippen MR) is 76.3 cm³/mol. The van der Waals surface area contributed by atoms with Gasteiger partial charge in [0.2, 0.25) is 5.88 Å². The van der Waals surface area contributed by atoms with Crippen LogP contribution in [0.3, 0.4) is 0 Å². The van der Waals surface area contributed by atoms with E-state index in [1.807, 2.05) is 6.07 Å². The molecule has 1 aromatic heterocycles. The summed E-state index contributed by atoms with van der Waals surface area (Å²) in [5.41, 5.74) is 0.958. The zero-order valence-electron chi connectivity index (χ0n) is 11.4. The Labute approximate surface area is 121 Å². The van der Waals surface area contributed by atoms with E-state index < -0.39 is 0 Å². The van der Waals surface area contributed by atoms with Crippen molar-refractivity contribution in [2.75, 3.05) is 19.0 Å². The Morgan fingerprint density at radius 3 is 2.76 bits per heavy atom. The molecule has 0 spiro atoms. The van der Waals surface area contributed by atoms with Crippen LogP contribution in [-0.2, 0) is 0 Å². The second-order valence-electron chi connectivity index (χ2n) is 3.99. The summed E-state index contributed by atoms with van der Waals surface area (Å²) >= 11 is 0. The van der Waals surface area contributed by atoms with Crippen LogP contribution in [0.25, 0.3) is 0 Å². The first kappa shape index (κ1) is 14.3. The summed E-state index contributed by atoms with van der Waals surface area (Å²) in [6.45, 7) is -0.0153. The Balaban J connectivity index is 2.07. The Hall–Kier alpha value is -3.07. The quantitative estimate of drug-likeness (QED) is 0.909. The third kappa shape index (κ3) is 3.70. The van der Waals surface area contributed by atoms with Crippen LogP contribution in [0.5, 0.6) is 11.6 Å². The average Bonchev–Trinajstić information content (AvgIpc) is 2.54. The smallest absolute Gasteiger partial charge is 0.261 e. The van der Waals surface area contributed by atoms with Gasteiger partial charge in [-0.05, 0) is 36.4 Å². The molecule has 0 bridgehead atoms. The van der Waals surface area contributed by atoms with Crippen LogP contribution in [-0.4, -0.2) is 24.6 Å². The number of nitrogens with zero attached hydrogens (tertiary/aromatic N) is 2. The number of hydrogen-bond acceptors (Lipinski definition) is 5. The van der Waals surface area contributed by atoms with Crippen molar-refractivity contribution in [1.29, 1.82) is 5.26 Å². The highest BCUT2D eigenvalue weighted by molar-refractivity contribution is 6.05. The molecule has 1 amide bonds. The Bertz CT molecular complexity index is 663. The molecule has 1 heterocycles. The summed E-state index contributed by atoms with van der Waals surface area (Å²) in [6.07, 6.45) is 1.55. The maximum atomic E-state index is 12.1. The van der Waals surface area contributed by atoms with Crippen LogP contribution in [0.4, 0.5) is 5.69 Å². The fourth-order valence-corrected chi connectivity index (χ4v) is 1.67. The van der Waals surface area contributed by atoms with E-state index in [4.69, 9.17) is 14.7 Å². The van der Waals surface area contributed by atoms with E-state index >= 15 is 0 Å². The molecule has 0 radical (unpaired) electrons. The average molecular weight is 283 g/mol. The van der Waals surface area contributed by atoms with E-state index in [0.717, 1.165) is 0 Å². The van der Waals surface area contributed by atoms with Gasteiger partial charge in [0, 0.05) is 11.9 Å². The molecule has 21 heavy (non-hydrogen) atoms. The largest absolute Gasteiger partial charge is 0.480 e. The van der Waals surface area contributed by atoms with Gasteiger partial charge in [-0.15, -0.1) is 0 Å². The lowest BCUT2D eigenvalue weighted by molar-refractivity contribution is 0.102. The summed E-state index contributed by atoms with van der Waals surface area (Å²) < 4.78 is 10.2. The predicted octanol–water partition coefficient (Wildman–Crippen LogP) is 2.24. The van der Waals surface area contributed by atoms with Crippen LogP contribution in [0.2, 0.25) is 0 Å². The van der Waals surface area contributed by atoms with Crippen molar-refractivity contribution in [2.45, 2.75) is 0 Å². The summed E-state index contributed by atoms with van der Waals surface area (Å²) in [5.74, 6) is 0.517. The normalized spacial score (nSPS) is 9.52. The first-order valence-electron chi connectivity index (χ1n) is 6.14.